The minimum absolute atomic E-state index is 0.661. The molecule has 1 saturated heterocycles. The van der Waals surface area contributed by atoms with E-state index in [4.69, 9.17) is 5.73 Å². The maximum atomic E-state index is 5.68. The van der Waals surface area contributed by atoms with Crippen LogP contribution in [0.15, 0.2) is 24.3 Å². The second kappa shape index (κ2) is 3.52. The number of benzene rings is 1. The Kier molecular flexibility index (Phi) is 2.36. The molecule has 0 spiro atoms. The van der Waals surface area contributed by atoms with Gasteiger partial charge in [-0.3, -0.25) is 0 Å². The van der Waals surface area contributed by atoms with Crippen molar-refractivity contribution in [2.45, 2.75) is 38.8 Å². The normalized spacial score (nSPS) is 26.9. The molecule has 2 atom stereocenters. The van der Waals surface area contributed by atoms with Crippen molar-refractivity contribution in [2.75, 3.05) is 10.6 Å². The van der Waals surface area contributed by atoms with Gasteiger partial charge in [0, 0.05) is 23.5 Å². The smallest absolute Gasteiger partial charge is 0.0372 e. The standard InChI is InChI=1S/C12H18N2/c1-9-3-4-10(2)14(9)12-7-5-11(13)6-8-12/h5-10H,3-4,13H2,1-2H3/t9-,10-/m0/s1. The average Bonchev–Trinajstić information content (AvgIpc) is 2.49. The minimum atomic E-state index is 0.661. The van der Waals surface area contributed by atoms with Crippen LogP contribution in [0.25, 0.3) is 0 Å². The van der Waals surface area contributed by atoms with Gasteiger partial charge in [-0.05, 0) is 51.0 Å². The molecule has 2 heteroatoms. The summed E-state index contributed by atoms with van der Waals surface area (Å²) in [6.45, 7) is 4.58. The summed E-state index contributed by atoms with van der Waals surface area (Å²) in [5.74, 6) is 0. The molecule has 1 heterocycles. The van der Waals surface area contributed by atoms with Crippen molar-refractivity contribution in [2.24, 2.45) is 0 Å². The predicted octanol–water partition coefficient (Wildman–Crippen LogP) is 2.65. The molecule has 1 fully saturated rings. The molecule has 1 aliphatic rings. The molecule has 2 N–H and O–H groups in total. The zero-order valence-corrected chi connectivity index (χ0v) is 8.90. The predicted molar refractivity (Wildman–Crippen MR) is 61.5 cm³/mol. The third-order valence-electron chi connectivity index (χ3n) is 3.14. The van der Waals surface area contributed by atoms with Crippen molar-refractivity contribution in [1.29, 1.82) is 0 Å². The second-order valence-corrected chi connectivity index (χ2v) is 4.27. The van der Waals surface area contributed by atoms with Crippen LogP contribution in [0.3, 0.4) is 0 Å². The summed E-state index contributed by atoms with van der Waals surface area (Å²) in [7, 11) is 0. The summed E-state index contributed by atoms with van der Waals surface area (Å²) >= 11 is 0. The summed E-state index contributed by atoms with van der Waals surface area (Å²) < 4.78 is 0. The number of nitrogens with zero attached hydrogens (tertiary/aromatic N) is 1. The Balaban J connectivity index is 2.25. The largest absolute Gasteiger partial charge is 0.399 e. The molecule has 0 aromatic heterocycles. The van der Waals surface area contributed by atoms with E-state index in [1.54, 1.807) is 0 Å². The Labute approximate surface area is 85.7 Å². The van der Waals surface area contributed by atoms with Crippen LogP contribution in [0.4, 0.5) is 11.4 Å². The van der Waals surface area contributed by atoms with Crippen LogP contribution in [0.5, 0.6) is 0 Å². The molecule has 1 aliphatic heterocycles. The van der Waals surface area contributed by atoms with Crippen molar-refractivity contribution in [3.05, 3.63) is 24.3 Å². The zero-order chi connectivity index (χ0) is 10.1. The lowest BCUT2D eigenvalue weighted by molar-refractivity contribution is 0.694. The lowest BCUT2D eigenvalue weighted by Gasteiger charge is -2.28. The minimum Gasteiger partial charge on any atom is -0.399 e. The molecular weight excluding hydrogens is 172 g/mol. The molecule has 0 bridgehead atoms. The maximum Gasteiger partial charge on any atom is 0.0372 e. The third kappa shape index (κ3) is 1.57. The first-order chi connectivity index (χ1) is 6.68. The van der Waals surface area contributed by atoms with E-state index in [-0.39, 0.29) is 0 Å². The van der Waals surface area contributed by atoms with Crippen molar-refractivity contribution in [3.8, 4) is 0 Å². The molecule has 2 rings (SSSR count). The number of hydrogen-bond acceptors (Lipinski definition) is 2. The van der Waals surface area contributed by atoms with Crippen molar-refractivity contribution >= 4 is 11.4 Å². The van der Waals surface area contributed by atoms with Gasteiger partial charge in [0.15, 0.2) is 0 Å². The van der Waals surface area contributed by atoms with Gasteiger partial charge in [0.1, 0.15) is 0 Å². The molecule has 1 aromatic rings. The molecule has 0 aliphatic carbocycles. The fraction of sp³-hybridized carbons (Fsp3) is 0.500. The van der Waals surface area contributed by atoms with Gasteiger partial charge < -0.3 is 10.6 Å². The Morgan fingerprint density at radius 1 is 1.07 bits per heavy atom. The lowest BCUT2D eigenvalue weighted by atomic mass is 10.2. The Bertz CT molecular complexity index is 295. The van der Waals surface area contributed by atoms with Gasteiger partial charge in [0.05, 0.1) is 0 Å². The number of nitrogen functional groups attached to an aromatic ring is 1. The van der Waals surface area contributed by atoms with E-state index in [0.29, 0.717) is 12.1 Å². The average molecular weight is 190 g/mol. The van der Waals surface area contributed by atoms with Crippen LogP contribution in [0.2, 0.25) is 0 Å². The van der Waals surface area contributed by atoms with E-state index >= 15 is 0 Å². The first-order valence-electron chi connectivity index (χ1n) is 5.32. The quantitative estimate of drug-likeness (QED) is 0.690. The van der Waals surface area contributed by atoms with Crippen LogP contribution in [0.1, 0.15) is 26.7 Å². The van der Waals surface area contributed by atoms with E-state index in [1.165, 1.54) is 18.5 Å². The first-order valence-corrected chi connectivity index (χ1v) is 5.32. The van der Waals surface area contributed by atoms with E-state index in [0.717, 1.165) is 5.69 Å². The molecule has 0 amide bonds. The van der Waals surface area contributed by atoms with E-state index in [9.17, 15) is 0 Å². The summed E-state index contributed by atoms with van der Waals surface area (Å²) in [6, 6.07) is 9.52. The summed E-state index contributed by atoms with van der Waals surface area (Å²) in [5, 5.41) is 0. The number of nitrogens with two attached hydrogens (primary N) is 1. The van der Waals surface area contributed by atoms with Gasteiger partial charge in [0.25, 0.3) is 0 Å². The molecule has 0 radical (unpaired) electrons. The van der Waals surface area contributed by atoms with Crippen LogP contribution in [-0.2, 0) is 0 Å². The number of anilines is 2. The molecule has 1 aromatic carbocycles. The molecule has 14 heavy (non-hydrogen) atoms. The number of hydrogen-bond donors (Lipinski definition) is 1. The Morgan fingerprint density at radius 2 is 1.57 bits per heavy atom. The third-order valence-corrected chi connectivity index (χ3v) is 3.14. The van der Waals surface area contributed by atoms with Gasteiger partial charge in [-0.15, -0.1) is 0 Å². The van der Waals surface area contributed by atoms with E-state index in [2.05, 4.69) is 30.9 Å². The fourth-order valence-corrected chi connectivity index (χ4v) is 2.35. The highest BCUT2D eigenvalue weighted by atomic mass is 15.2. The van der Waals surface area contributed by atoms with E-state index in [1.807, 2.05) is 12.1 Å². The SMILES string of the molecule is C[C@H]1CC[C@H](C)N1c1ccc(N)cc1. The highest BCUT2D eigenvalue weighted by Crippen LogP contribution is 2.30. The van der Waals surface area contributed by atoms with Gasteiger partial charge >= 0.3 is 0 Å². The monoisotopic (exact) mass is 190 g/mol. The van der Waals surface area contributed by atoms with Crippen molar-refractivity contribution in [3.63, 3.8) is 0 Å². The van der Waals surface area contributed by atoms with Crippen LogP contribution < -0.4 is 10.6 Å². The first kappa shape index (κ1) is 9.38. The molecule has 0 unspecified atom stereocenters. The highest BCUT2D eigenvalue weighted by Gasteiger charge is 2.26. The second-order valence-electron chi connectivity index (χ2n) is 4.27. The molecule has 76 valence electrons. The molecular formula is C12H18N2. The van der Waals surface area contributed by atoms with Crippen LogP contribution in [-0.4, -0.2) is 12.1 Å². The van der Waals surface area contributed by atoms with Crippen molar-refractivity contribution in [1.82, 2.24) is 0 Å². The Morgan fingerprint density at radius 3 is 2.07 bits per heavy atom. The lowest BCUT2D eigenvalue weighted by Crippen LogP contribution is -2.32. The van der Waals surface area contributed by atoms with Gasteiger partial charge in [0.2, 0.25) is 0 Å². The van der Waals surface area contributed by atoms with Gasteiger partial charge in [-0.25, -0.2) is 0 Å². The summed E-state index contributed by atoms with van der Waals surface area (Å²) in [6.07, 6.45) is 2.59. The van der Waals surface area contributed by atoms with E-state index < -0.39 is 0 Å². The zero-order valence-electron chi connectivity index (χ0n) is 8.90. The summed E-state index contributed by atoms with van der Waals surface area (Å²) in [4.78, 5) is 2.49. The van der Waals surface area contributed by atoms with Gasteiger partial charge in [-0.1, -0.05) is 0 Å². The molecule has 2 nitrogen and oxygen atoms in total. The summed E-state index contributed by atoms with van der Waals surface area (Å²) in [5.41, 5.74) is 7.82. The molecule has 0 saturated carbocycles. The van der Waals surface area contributed by atoms with Gasteiger partial charge in [-0.2, -0.15) is 0 Å². The highest BCUT2D eigenvalue weighted by molar-refractivity contribution is 5.54. The Hall–Kier alpha value is -1.18. The maximum absolute atomic E-state index is 5.68. The topological polar surface area (TPSA) is 29.3 Å². The fourth-order valence-electron chi connectivity index (χ4n) is 2.35. The van der Waals surface area contributed by atoms with Crippen LogP contribution >= 0.6 is 0 Å². The number of rotatable bonds is 1. The van der Waals surface area contributed by atoms with Crippen LogP contribution in [0, 0.1) is 0 Å². The van der Waals surface area contributed by atoms with Crippen molar-refractivity contribution < 1.29 is 0 Å².